The molecule has 2 aromatic rings. The summed E-state index contributed by atoms with van der Waals surface area (Å²) in [6.07, 6.45) is 3.96. The Bertz CT molecular complexity index is 1260. The van der Waals surface area contributed by atoms with Crippen LogP contribution in [0, 0.1) is 0 Å². The second kappa shape index (κ2) is 9.29. The standard InChI is InChI=1S/C30H33NO7/c1-33-24-16-30-10-6-11-31(30)12-9-19-13-22-23(36-17-35-22)14-20(19)26(30)28(24)38-29(32)27-21(15-25(34-2)37-27)18-7-4-3-5-8-18/h3-5,7-8,13-14,16,21,25-28H,6,9-12,15,17H2,1-2H3/t21?,25?,26-,27?,28?,30+/m1/s1. The van der Waals surface area contributed by atoms with Crippen LogP contribution in [-0.2, 0) is 30.2 Å². The number of fused-ring (bicyclic) bond motifs is 3. The van der Waals surface area contributed by atoms with Gasteiger partial charge in [0.1, 0.15) is 5.76 Å². The van der Waals surface area contributed by atoms with E-state index in [1.54, 1.807) is 14.2 Å². The van der Waals surface area contributed by atoms with E-state index in [4.69, 9.17) is 28.4 Å². The van der Waals surface area contributed by atoms with Gasteiger partial charge >= 0.3 is 5.97 Å². The van der Waals surface area contributed by atoms with Gasteiger partial charge < -0.3 is 28.4 Å². The van der Waals surface area contributed by atoms with E-state index >= 15 is 0 Å². The average molecular weight is 520 g/mol. The lowest BCUT2D eigenvalue weighted by atomic mass is 9.77. The lowest BCUT2D eigenvalue weighted by Gasteiger charge is -2.39. The van der Waals surface area contributed by atoms with Gasteiger partial charge in [0.15, 0.2) is 30.0 Å². The van der Waals surface area contributed by atoms with Crippen molar-refractivity contribution >= 4 is 5.97 Å². The fourth-order valence-electron chi connectivity index (χ4n) is 7.31. The summed E-state index contributed by atoms with van der Waals surface area (Å²) >= 11 is 0. The molecule has 1 spiro atoms. The first-order chi connectivity index (χ1) is 18.6. The number of hydrogen-bond acceptors (Lipinski definition) is 8. The van der Waals surface area contributed by atoms with E-state index in [-0.39, 0.29) is 30.1 Å². The summed E-state index contributed by atoms with van der Waals surface area (Å²) < 4.78 is 35.4. The fraction of sp³-hybridized carbons (Fsp3) is 0.500. The molecule has 6 atom stereocenters. The largest absolute Gasteiger partial charge is 0.497 e. The van der Waals surface area contributed by atoms with Crippen LogP contribution >= 0.6 is 0 Å². The summed E-state index contributed by atoms with van der Waals surface area (Å²) in [6, 6.07) is 14.2. The van der Waals surface area contributed by atoms with Crippen molar-refractivity contribution in [3.8, 4) is 11.5 Å². The Labute approximate surface area is 222 Å². The quantitative estimate of drug-likeness (QED) is 0.551. The molecule has 2 fully saturated rings. The molecule has 200 valence electrons. The van der Waals surface area contributed by atoms with E-state index in [0.717, 1.165) is 55.0 Å². The smallest absolute Gasteiger partial charge is 0.336 e. The normalized spacial score (nSPS) is 33.2. The number of carbonyl (C=O) groups is 1. The zero-order chi connectivity index (χ0) is 25.9. The number of benzene rings is 2. The highest BCUT2D eigenvalue weighted by molar-refractivity contribution is 5.77. The lowest BCUT2D eigenvalue weighted by molar-refractivity contribution is -0.175. The van der Waals surface area contributed by atoms with Gasteiger partial charge in [0.05, 0.1) is 18.6 Å². The zero-order valence-electron chi connectivity index (χ0n) is 21.8. The summed E-state index contributed by atoms with van der Waals surface area (Å²) in [5.41, 5.74) is 3.11. The highest BCUT2D eigenvalue weighted by atomic mass is 16.7. The molecule has 4 heterocycles. The van der Waals surface area contributed by atoms with Crippen molar-refractivity contribution in [1.29, 1.82) is 0 Å². The third kappa shape index (κ3) is 3.65. The fourth-order valence-corrected chi connectivity index (χ4v) is 7.31. The van der Waals surface area contributed by atoms with Gasteiger partial charge in [-0.3, -0.25) is 4.90 Å². The van der Waals surface area contributed by atoms with Crippen LogP contribution in [0.2, 0.25) is 0 Å². The maximum Gasteiger partial charge on any atom is 0.336 e. The second-order valence-electron chi connectivity index (χ2n) is 10.8. The molecule has 0 radical (unpaired) electrons. The second-order valence-corrected chi connectivity index (χ2v) is 10.8. The van der Waals surface area contributed by atoms with Crippen molar-refractivity contribution < 1.29 is 33.2 Å². The maximum absolute atomic E-state index is 13.9. The highest BCUT2D eigenvalue weighted by Gasteiger charge is 2.58. The third-order valence-corrected chi connectivity index (χ3v) is 9.04. The monoisotopic (exact) mass is 519 g/mol. The number of methoxy groups -OCH3 is 2. The van der Waals surface area contributed by atoms with Gasteiger partial charge in [0, 0.05) is 26.0 Å². The van der Waals surface area contributed by atoms with Crippen molar-refractivity contribution in [2.45, 2.75) is 61.6 Å². The average Bonchev–Trinajstić information content (AvgIpc) is 3.72. The summed E-state index contributed by atoms with van der Waals surface area (Å²) in [5, 5.41) is 0. The molecule has 4 unspecified atom stereocenters. The minimum atomic E-state index is -0.765. The molecule has 5 aliphatic rings. The molecule has 8 heteroatoms. The van der Waals surface area contributed by atoms with E-state index in [2.05, 4.69) is 23.1 Å². The molecule has 0 N–H and O–H groups in total. The van der Waals surface area contributed by atoms with E-state index in [0.29, 0.717) is 12.2 Å². The summed E-state index contributed by atoms with van der Waals surface area (Å²) in [7, 11) is 3.27. The first kappa shape index (κ1) is 24.0. The summed E-state index contributed by atoms with van der Waals surface area (Å²) in [4.78, 5) is 16.5. The van der Waals surface area contributed by atoms with Crippen LogP contribution in [-0.4, -0.2) is 69.0 Å². The van der Waals surface area contributed by atoms with E-state index < -0.39 is 18.5 Å². The first-order valence-electron chi connectivity index (χ1n) is 13.5. The minimum absolute atomic E-state index is 0.120. The van der Waals surface area contributed by atoms with Crippen LogP contribution < -0.4 is 9.47 Å². The highest BCUT2D eigenvalue weighted by Crippen LogP contribution is 2.55. The van der Waals surface area contributed by atoms with Crippen LogP contribution in [0.1, 0.15) is 47.8 Å². The predicted octanol–water partition coefficient (Wildman–Crippen LogP) is 3.89. The predicted molar refractivity (Wildman–Crippen MR) is 137 cm³/mol. The molecular formula is C30H33NO7. The Balaban J connectivity index is 1.26. The summed E-state index contributed by atoms with van der Waals surface area (Å²) in [5.74, 6) is 1.55. The molecule has 7 rings (SSSR count). The molecule has 4 aliphatic heterocycles. The molecule has 0 aromatic heterocycles. The van der Waals surface area contributed by atoms with Gasteiger partial charge in [-0.1, -0.05) is 30.3 Å². The van der Waals surface area contributed by atoms with E-state index in [9.17, 15) is 4.79 Å². The van der Waals surface area contributed by atoms with Crippen LogP contribution in [0.25, 0.3) is 0 Å². The molecular weight excluding hydrogens is 486 g/mol. The topological polar surface area (TPSA) is 75.7 Å². The van der Waals surface area contributed by atoms with Gasteiger partial charge in [-0.05, 0) is 60.7 Å². The van der Waals surface area contributed by atoms with Crippen LogP contribution in [0.15, 0.2) is 54.3 Å². The van der Waals surface area contributed by atoms with Crippen molar-refractivity contribution in [1.82, 2.24) is 4.90 Å². The molecule has 0 bridgehead atoms. The molecule has 1 aliphatic carbocycles. The number of ether oxygens (including phenoxy) is 6. The summed E-state index contributed by atoms with van der Waals surface area (Å²) in [6.45, 7) is 2.15. The first-order valence-corrected chi connectivity index (χ1v) is 13.5. The van der Waals surface area contributed by atoms with E-state index in [1.165, 1.54) is 5.56 Å². The maximum atomic E-state index is 13.9. The Kier molecular flexibility index (Phi) is 5.87. The van der Waals surface area contributed by atoms with Crippen molar-refractivity contribution in [2.75, 3.05) is 34.1 Å². The Morgan fingerprint density at radius 3 is 2.68 bits per heavy atom. The lowest BCUT2D eigenvalue weighted by Crippen LogP contribution is -2.47. The van der Waals surface area contributed by atoms with Crippen LogP contribution in [0.5, 0.6) is 11.5 Å². The molecule has 8 nitrogen and oxygen atoms in total. The van der Waals surface area contributed by atoms with Crippen LogP contribution in [0.4, 0.5) is 0 Å². The molecule has 0 amide bonds. The molecule has 38 heavy (non-hydrogen) atoms. The number of esters is 1. The number of carbonyl (C=O) groups excluding carboxylic acids is 1. The number of hydrogen-bond donors (Lipinski definition) is 0. The molecule has 2 saturated heterocycles. The molecule has 0 saturated carbocycles. The SMILES string of the molecule is COC1=C[C@]23CCCN2CCc2cc4c(cc2[C@@H]3C1OC(=O)C1OC(OC)CC1c1ccccc1)OCO4. The van der Waals surface area contributed by atoms with Crippen molar-refractivity contribution in [3.63, 3.8) is 0 Å². The van der Waals surface area contributed by atoms with Gasteiger partial charge in [0.2, 0.25) is 6.79 Å². The Morgan fingerprint density at radius 1 is 1.08 bits per heavy atom. The van der Waals surface area contributed by atoms with Gasteiger partial charge in [0.25, 0.3) is 0 Å². The molecule has 2 aromatic carbocycles. The van der Waals surface area contributed by atoms with Gasteiger partial charge in [-0.15, -0.1) is 0 Å². The Hall–Kier alpha value is -3.07. The third-order valence-electron chi connectivity index (χ3n) is 9.04. The minimum Gasteiger partial charge on any atom is -0.497 e. The van der Waals surface area contributed by atoms with Crippen LogP contribution in [0.3, 0.4) is 0 Å². The van der Waals surface area contributed by atoms with Crippen molar-refractivity contribution in [2.24, 2.45) is 0 Å². The van der Waals surface area contributed by atoms with E-state index in [1.807, 2.05) is 30.3 Å². The zero-order valence-corrected chi connectivity index (χ0v) is 21.8. The van der Waals surface area contributed by atoms with Crippen molar-refractivity contribution in [3.05, 3.63) is 71.0 Å². The van der Waals surface area contributed by atoms with Gasteiger partial charge in [-0.2, -0.15) is 0 Å². The Morgan fingerprint density at radius 2 is 1.89 bits per heavy atom. The number of rotatable bonds is 5. The number of nitrogens with zero attached hydrogens (tertiary/aromatic N) is 1. The van der Waals surface area contributed by atoms with Gasteiger partial charge in [-0.25, -0.2) is 4.79 Å².